The molecular weight excluding hydrogens is 476 g/mol. The lowest BCUT2D eigenvalue weighted by Gasteiger charge is -2.39. The Balaban J connectivity index is 1.31. The molecule has 1 aliphatic heterocycles. The van der Waals surface area contributed by atoms with E-state index < -0.39 is 12.1 Å². The Morgan fingerprint density at radius 2 is 1.84 bits per heavy atom. The number of nitrogens with zero attached hydrogens (tertiary/aromatic N) is 4. The van der Waals surface area contributed by atoms with Crippen LogP contribution in [-0.2, 0) is 6.61 Å². The minimum absolute atomic E-state index is 0.0377. The van der Waals surface area contributed by atoms with Crippen LogP contribution in [-0.4, -0.2) is 63.5 Å². The molecule has 2 amide bonds. The van der Waals surface area contributed by atoms with Gasteiger partial charge in [-0.3, -0.25) is 9.78 Å². The van der Waals surface area contributed by atoms with E-state index in [0.717, 1.165) is 5.56 Å². The van der Waals surface area contributed by atoms with Crippen molar-refractivity contribution in [1.82, 2.24) is 14.8 Å². The normalized spacial score (nSPS) is 15.0. The van der Waals surface area contributed by atoms with Gasteiger partial charge < -0.3 is 24.4 Å². The van der Waals surface area contributed by atoms with E-state index in [2.05, 4.69) is 11.1 Å². The second-order valence-electron chi connectivity index (χ2n) is 8.50. The van der Waals surface area contributed by atoms with Gasteiger partial charge in [-0.1, -0.05) is 12.1 Å². The first-order valence-electron chi connectivity index (χ1n) is 11.5. The number of carboxylic acids is 1. The van der Waals surface area contributed by atoms with Gasteiger partial charge in [0, 0.05) is 37.4 Å². The van der Waals surface area contributed by atoms with Crippen molar-refractivity contribution in [2.24, 2.45) is 0 Å². The van der Waals surface area contributed by atoms with Crippen molar-refractivity contribution in [2.45, 2.75) is 19.6 Å². The average Bonchev–Trinajstić information content (AvgIpc) is 2.92. The lowest BCUT2D eigenvalue weighted by molar-refractivity contribution is 0.0521. The Labute approximate surface area is 213 Å². The number of rotatable bonds is 6. The first-order chi connectivity index (χ1) is 17.8. The second-order valence-corrected chi connectivity index (χ2v) is 8.50. The molecule has 10 heteroatoms. The highest BCUT2D eigenvalue weighted by molar-refractivity contribution is 5.94. The van der Waals surface area contributed by atoms with Gasteiger partial charge in [-0.25, -0.2) is 9.59 Å². The molecule has 1 saturated heterocycles. The summed E-state index contributed by atoms with van der Waals surface area (Å²) in [5, 5.41) is 18.1. The van der Waals surface area contributed by atoms with Crippen LogP contribution in [0.4, 0.5) is 4.79 Å². The van der Waals surface area contributed by atoms with Crippen LogP contribution in [0.25, 0.3) is 0 Å². The molecule has 2 aromatic carbocycles. The van der Waals surface area contributed by atoms with Crippen molar-refractivity contribution in [3.8, 4) is 17.6 Å². The molecule has 37 heavy (non-hydrogen) atoms. The summed E-state index contributed by atoms with van der Waals surface area (Å²) in [6, 6.07) is 17.0. The van der Waals surface area contributed by atoms with E-state index in [1.54, 1.807) is 47.4 Å². The lowest BCUT2D eigenvalue weighted by atomic mass is 10.1. The summed E-state index contributed by atoms with van der Waals surface area (Å²) in [5.74, 6) is -0.695. The highest BCUT2D eigenvalue weighted by Crippen LogP contribution is 2.20. The maximum Gasteiger partial charge on any atom is 0.415 e. The quantitative estimate of drug-likeness (QED) is 0.543. The van der Waals surface area contributed by atoms with E-state index in [0.29, 0.717) is 36.6 Å². The maximum absolute atomic E-state index is 13.0. The van der Waals surface area contributed by atoms with Crippen molar-refractivity contribution in [3.63, 3.8) is 0 Å². The van der Waals surface area contributed by atoms with Gasteiger partial charge in [0.2, 0.25) is 0 Å². The third kappa shape index (κ3) is 6.21. The van der Waals surface area contributed by atoms with Crippen LogP contribution >= 0.6 is 0 Å². The zero-order valence-corrected chi connectivity index (χ0v) is 20.0. The topological polar surface area (TPSA) is 133 Å². The molecule has 188 valence electrons. The van der Waals surface area contributed by atoms with Gasteiger partial charge in [-0.2, -0.15) is 5.26 Å². The van der Waals surface area contributed by atoms with Gasteiger partial charge in [0.25, 0.3) is 5.91 Å². The van der Waals surface area contributed by atoms with Crippen molar-refractivity contribution in [2.75, 3.05) is 19.6 Å². The molecule has 0 spiro atoms. The lowest BCUT2D eigenvalue weighted by Crippen LogP contribution is -2.56. The second kappa shape index (κ2) is 11.2. The number of pyridine rings is 1. The number of carbonyl (C=O) groups excluding carboxylic acids is 2. The minimum atomic E-state index is -1.17. The highest BCUT2D eigenvalue weighted by Gasteiger charge is 2.31. The predicted octanol–water partition coefficient (Wildman–Crippen LogP) is 3.58. The number of piperazine rings is 1. The van der Waals surface area contributed by atoms with Crippen LogP contribution < -0.4 is 9.47 Å². The molecule has 0 bridgehead atoms. The number of ether oxygens (including phenoxy) is 2. The molecule has 1 aliphatic rings. The Morgan fingerprint density at radius 3 is 2.54 bits per heavy atom. The molecule has 1 N–H and O–H groups in total. The number of hydrogen-bond acceptors (Lipinski definition) is 7. The predicted molar refractivity (Wildman–Crippen MR) is 131 cm³/mol. The standard InChI is InChI=1S/C27H24N4O6/c1-18-16-30(9-10-31(18)27(35)37-24-12-22(26(33)34)14-29-15-24)25(32)21-5-7-23(8-6-21)36-17-20-4-2-3-19(11-20)13-28/h2-8,11-12,14-15,18H,9-10,16-17H2,1H3,(H,33,34). The monoisotopic (exact) mass is 500 g/mol. The molecule has 10 nitrogen and oxygen atoms in total. The summed E-state index contributed by atoms with van der Waals surface area (Å²) in [6.07, 6.45) is 1.80. The van der Waals surface area contributed by atoms with Crippen LogP contribution in [0.1, 0.15) is 38.8 Å². The van der Waals surface area contributed by atoms with Crippen molar-refractivity contribution >= 4 is 18.0 Å². The first-order valence-corrected chi connectivity index (χ1v) is 11.5. The number of carboxylic acid groups (broad SMARTS) is 1. The summed E-state index contributed by atoms with van der Waals surface area (Å²) >= 11 is 0. The molecule has 0 radical (unpaired) electrons. The van der Waals surface area contributed by atoms with Crippen LogP contribution in [0, 0.1) is 11.3 Å². The number of benzene rings is 2. The summed E-state index contributed by atoms with van der Waals surface area (Å²) in [4.78, 5) is 43.7. The van der Waals surface area contributed by atoms with Crippen LogP contribution in [0.5, 0.6) is 11.5 Å². The third-order valence-electron chi connectivity index (χ3n) is 5.88. The van der Waals surface area contributed by atoms with E-state index in [1.165, 1.54) is 23.4 Å². The smallest absolute Gasteiger partial charge is 0.415 e. The number of aromatic nitrogens is 1. The van der Waals surface area contributed by atoms with Crippen molar-refractivity contribution in [3.05, 3.63) is 89.2 Å². The van der Waals surface area contributed by atoms with Crippen LogP contribution in [0.15, 0.2) is 67.0 Å². The number of hydrogen-bond donors (Lipinski definition) is 1. The van der Waals surface area contributed by atoms with Gasteiger partial charge in [0.05, 0.1) is 23.4 Å². The molecule has 0 saturated carbocycles. The Bertz CT molecular complexity index is 1350. The van der Waals surface area contributed by atoms with E-state index in [-0.39, 0.29) is 29.8 Å². The molecule has 1 atom stereocenters. The molecular formula is C27H24N4O6. The first kappa shape index (κ1) is 25.2. The summed E-state index contributed by atoms with van der Waals surface area (Å²) in [6.45, 7) is 3.01. The fraction of sp³-hybridized carbons (Fsp3) is 0.222. The fourth-order valence-electron chi connectivity index (χ4n) is 3.94. The van der Waals surface area contributed by atoms with Gasteiger partial charge in [0.1, 0.15) is 12.4 Å². The van der Waals surface area contributed by atoms with Crippen molar-refractivity contribution in [1.29, 1.82) is 5.26 Å². The van der Waals surface area contributed by atoms with Gasteiger partial charge in [-0.15, -0.1) is 0 Å². The Hall–Kier alpha value is -4.91. The zero-order valence-electron chi connectivity index (χ0n) is 20.0. The molecule has 2 heterocycles. The largest absolute Gasteiger partial charge is 0.489 e. The van der Waals surface area contributed by atoms with E-state index in [9.17, 15) is 14.4 Å². The number of aromatic carboxylic acids is 1. The van der Waals surface area contributed by atoms with E-state index in [4.69, 9.17) is 19.8 Å². The van der Waals surface area contributed by atoms with E-state index >= 15 is 0 Å². The SMILES string of the molecule is CC1CN(C(=O)c2ccc(OCc3cccc(C#N)c3)cc2)CCN1C(=O)Oc1cncc(C(=O)O)c1. The molecule has 1 unspecified atom stereocenters. The number of carbonyl (C=O) groups is 3. The molecule has 4 rings (SSSR count). The van der Waals surface area contributed by atoms with Gasteiger partial charge in [0.15, 0.2) is 5.75 Å². The Kier molecular flexibility index (Phi) is 7.64. The van der Waals surface area contributed by atoms with Gasteiger partial charge >= 0.3 is 12.1 Å². The molecule has 1 aromatic heterocycles. The highest BCUT2D eigenvalue weighted by atomic mass is 16.6. The number of nitriles is 1. The van der Waals surface area contributed by atoms with E-state index in [1.807, 2.05) is 13.0 Å². The average molecular weight is 501 g/mol. The molecule has 0 aliphatic carbocycles. The molecule has 3 aromatic rings. The molecule has 1 fully saturated rings. The van der Waals surface area contributed by atoms with Crippen LogP contribution in [0.3, 0.4) is 0 Å². The van der Waals surface area contributed by atoms with Gasteiger partial charge in [-0.05, 0) is 55.0 Å². The summed E-state index contributed by atoms with van der Waals surface area (Å²) < 4.78 is 11.1. The summed E-state index contributed by atoms with van der Waals surface area (Å²) in [5.41, 5.74) is 1.85. The fourth-order valence-corrected chi connectivity index (χ4v) is 3.94. The summed E-state index contributed by atoms with van der Waals surface area (Å²) in [7, 11) is 0. The maximum atomic E-state index is 13.0. The third-order valence-corrected chi connectivity index (χ3v) is 5.88. The number of amides is 2. The van der Waals surface area contributed by atoms with Crippen LogP contribution in [0.2, 0.25) is 0 Å². The Morgan fingerprint density at radius 1 is 1.05 bits per heavy atom. The van der Waals surface area contributed by atoms with Crippen molar-refractivity contribution < 1.29 is 29.0 Å². The zero-order chi connectivity index (χ0) is 26.4. The minimum Gasteiger partial charge on any atom is -0.489 e.